The largest absolute Gasteiger partial charge is 0.348 e. The summed E-state index contributed by atoms with van der Waals surface area (Å²) >= 11 is 0. The second-order valence-electron chi connectivity index (χ2n) is 7.68. The summed E-state index contributed by atoms with van der Waals surface area (Å²) in [6.45, 7) is 8.94. The Bertz CT molecular complexity index is 969. The zero-order valence-electron chi connectivity index (χ0n) is 16.5. The van der Waals surface area contributed by atoms with Crippen molar-refractivity contribution in [2.24, 2.45) is 0 Å². The van der Waals surface area contributed by atoms with Crippen molar-refractivity contribution in [3.63, 3.8) is 0 Å². The van der Waals surface area contributed by atoms with Gasteiger partial charge >= 0.3 is 6.03 Å². The molecule has 0 aliphatic carbocycles. The molecule has 1 unspecified atom stereocenters. The molecule has 2 aliphatic heterocycles. The molecule has 1 atom stereocenters. The van der Waals surface area contributed by atoms with Crippen LogP contribution in [0.3, 0.4) is 0 Å². The molecule has 0 spiro atoms. The van der Waals surface area contributed by atoms with Crippen LogP contribution >= 0.6 is 0 Å². The third-order valence-electron chi connectivity index (χ3n) is 5.44. The van der Waals surface area contributed by atoms with Crippen molar-refractivity contribution in [2.75, 3.05) is 6.54 Å². The molecule has 2 aliphatic rings. The van der Waals surface area contributed by atoms with E-state index in [0.29, 0.717) is 30.1 Å². The molecule has 2 aromatic rings. The number of nitrogens with zero attached hydrogens (tertiary/aromatic N) is 3. The van der Waals surface area contributed by atoms with E-state index in [1.165, 1.54) is 0 Å². The molecule has 9 heteroatoms. The standard InChI is InChI=1S/C19H25N7O2/c1-9(2)15-12-7-26(6-5-13(12)24-25-15)18(27)14-10(3)22-19(28)23-17(14)16-11(4)20-8-21-16/h8-9,17H,5-7H2,1-4H3,(H,20,21)(H,24,25)(H2,22,23,28). The van der Waals surface area contributed by atoms with Gasteiger partial charge in [-0.15, -0.1) is 0 Å². The summed E-state index contributed by atoms with van der Waals surface area (Å²) in [5, 5.41) is 13.1. The van der Waals surface area contributed by atoms with Crippen LogP contribution in [0, 0.1) is 6.92 Å². The zero-order valence-corrected chi connectivity index (χ0v) is 16.5. The number of aromatic amines is 2. The van der Waals surface area contributed by atoms with Gasteiger partial charge in [0.15, 0.2) is 0 Å². The van der Waals surface area contributed by atoms with E-state index >= 15 is 0 Å². The first kappa shape index (κ1) is 18.3. The predicted octanol–water partition coefficient (Wildman–Crippen LogP) is 1.78. The number of nitrogens with one attached hydrogen (secondary N) is 4. The summed E-state index contributed by atoms with van der Waals surface area (Å²) in [5.74, 6) is 0.185. The quantitative estimate of drug-likeness (QED) is 0.646. The maximum absolute atomic E-state index is 13.5. The Labute approximate surface area is 163 Å². The molecule has 0 bridgehead atoms. The van der Waals surface area contributed by atoms with Crippen LogP contribution in [0.2, 0.25) is 0 Å². The van der Waals surface area contributed by atoms with Gasteiger partial charge in [-0.2, -0.15) is 5.10 Å². The summed E-state index contributed by atoms with van der Waals surface area (Å²) < 4.78 is 0. The van der Waals surface area contributed by atoms with Gasteiger partial charge in [0.1, 0.15) is 6.04 Å². The van der Waals surface area contributed by atoms with Gasteiger partial charge in [0, 0.05) is 42.2 Å². The number of urea groups is 1. The van der Waals surface area contributed by atoms with E-state index in [1.54, 1.807) is 13.3 Å². The van der Waals surface area contributed by atoms with Crippen LogP contribution in [-0.4, -0.2) is 43.5 Å². The molecule has 2 aromatic heterocycles. The number of rotatable bonds is 3. The molecule has 0 saturated heterocycles. The lowest BCUT2D eigenvalue weighted by Gasteiger charge is -2.33. The average molecular weight is 383 g/mol. The summed E-state index contributed by atoms with van der Waals surface area (Å²) in [5.41, 5.74) is 5.77. The Balaban J connectivity index is 1.67. The first-order chi connectivity index (χ1) is 13.4. The van der Waals surface area contributed by atoms with Crippen LogP contribution in [0.15, 0.2) is 17.6 Å². The van der Waals surface area contributed by atoms with E-state index in [1.807, 2.05) is 11.8 Å². The molecule has 148 valence electrons. The minimum Gasteiger partial charge on any atom is -0.348 e. The first-order valence-corrected chi connectivity index (χ1v) is 9.50. The van der Waals surface area contributed by atoms with E-state index in [-0.39, 0.29) is 17.9 Å². The van der Waals surface area contributed by atoms with Crippen molar-refractivity contribution < 1.29 is 9.59 Å². The molecule has 3 amide bonds. The van der Waals surface area contributed by atoms with E-state index in [2.05, 4.69) is 44.6 Å². The highest BCUT2D eigenvalue weighted by atomic mass is 16.2. The summed E-state index contributed by atoms with van der Waals surface area (Å²) in [4.78, 5) is 34.7. The fourth-order valence-corrected chi connectivity index (χ4v) is 3.98. The first-order valence-electron chi connectivity index (χ1n) is 9.50. The van der Waals surface area contributed by atoms with E-state index in [4.69, 9.17) is 0 Å². The van der Waals surface area contributed by atoms with Crippen molar-refractivity contribution in [1.82, 2.24) is 35.7 Å². The number of allylic oxidation sites excluding steroid dienone is 1. The molecule has 0 fully saturated rings. The number of carbonyl (C=O) groups excluding carboxylic acids is 2. The number of carbonyl (C=O) groups is 2. The van der Waals surface area contributed by atoms with Crippen LogP contribution in [0.1, 0.15) is 61.1 Å². The summed E-state index contributed by atoms with van der Waals surface area (Å²) in [6.07, 6.45) is 2.31. The Kier molecular flexibility index (Phi) is 4.44. The van der Waals surface area contributed by atoms with Gasteiger partial charge in [-0.3, -0.25) is 9.89 Å². The summed E-state index contributed by atoms with van der Waals surface area (Å²) in [6, 6.07) is -0.915. The van der Waals surface area contributed by atoms with Gasteiger partial charge in [0.25, 0.3) is 5.91 Å². The Morgan fingerprint density at radius 3 is 2.79 bits per heavy atom. The molecule has 0 saturated carbocycles. The smallest absolute Gasteiger partial charge is 0.319 e. The number of hydrogen-bond donors (Lipinski definition) is 4. The van der Waals surface area contributed by atoms with Gasteiger partial charge in [0.2, 0.25) is 0 Å². The monoisotopic (exact) mass is 383 g/mol. The number of fused-ring (bicyclic) bond motifs is 1. The highest BCUT2D eigenvalue weighted by molar-refractivity contribution is 5.98. The van der Waals surface area contributed by atoms with Crippen LogP contribution in [-0.2, 0) is 17.8 Å². The molecular formula is C19H25N7O2. The van der Waals surface area contributed by atoms with Crippen LogP contribution < -0.4 is 10.6 Å². The highest BCUT2D eigenvalue weighted by Gasteiger charge is 2.37. The molecule has 4 rings (SSSR count). The lowest BCUT2D eigenvalue weighted by Crippen LogP contribution is -2.48. The number of aromatic nitrogens is 4. The number of H-pyrrole nitrogens is 2. The van der Waals surface area contributed by atoms with Crippen LogP contribution in [0.5, 0.6) is 0 Å². The van der Waals surface area contributed by atoms with Crippen molar-refractivity contribution >= 4 is 11.9 Å². The SMILES string of the molecule is CC1=C(C(=O)N2CCc3[nH]nc(C(C)C)c3C2)C(c2nc[nH]c2C)NC(=O)N1. The lowest BCUT2D eigenvalue weighted by atomic mass is 9.95. The van der Waals surface area contributed by atoms with Crippen molar-refractivity contribution in [3.8, 4) is 0 Å². The lowest BCUT2D eigenvalue weighted by molar-refractivity contribution is -0.128. The van der Waals surface area contributed by atoms with Crippen LogP contribution in [0.4, 0.5) is 4.79 Å². The maximum Gasteiger partial charge on any atom is 0.319 e. The highest BCUT2D eigenvalue weighted by Crippen LogP contribution is 2.31. The van der Waals surface area contributed by atoms with Gasteiger partial charge in [-0.25, -0.2) is 9.78 Å². The maximum atomic E-state index is 13.5. The molecule has 4 N–H and O–H groups in total. The normalized spacial score (nSPS) is 19.5. The zero-order chi connectivity index (χ0) is 20.0. The topological polar surface area (TPSA) is 119 Å². The van der Waals surface area contributed by atoms with Crippen molar-refractivity contribution in [2.45, 2.75) is 52.6 Å². The van der Waals surface area contributed by atoms with E-state index in [9.17, 15) is 9.59 Å². The summed E-state index contributed by atoms with van der Waals surface area (Å²) in [7, 11) is 0. The fourth-order valence-electron chi connectivity index (χ4n) is 3.98. The third-order valence-corrected chi connectivity index (χ3v) is 5.44. The fraction of sp³-hybridized carbons (Fsp3) is 0.474. The van der Waals surface area contributed by atoms with Gasteiger partial charge < -0.3 is 20.5 Å². The van der Waals surface area contributed by atoms with Crippen LogP contribution in [0.25, 0.3) is 0 Å². The van der Waals surface area contributed by atoms with E-state index in [0.717, 1.165) is 29.1 Å². The second kappa shape index (κ2) is 6.81. The average Bonchev–Trinajstić information content (AvgIpc) is 3.25. The molecule has 9 nitrogen and oxygen atoms in total. The Hall–Kier alpha value is -3.10. The molecule has 0 aromatic carbocycles. The molecule has 4 heterocycles. The molecule has 28 heavy (non-hydrogen) atoms. The number of imidazole rings is 1. The van der Waals surface area contributed by atoms with Crippen molar-refractivity contribution in [3.05, 3.63) is 45.9 Å². The van der Waals surface area contributed by atoms with Gasteiger partial charge in [0.05, 0.1) is 23.3 Å². The Morgan fingerprint density at radius 1 is 1.32 bits per heavy atom. The molecule has 0 radical (unpaired) electrons. The van der Waals surface area contributed by atoms with E-state index < -0.39 is 6.04 Å². The second-order valence-corrected chi connectivity index (χ2v) is 7.68. The van der Waals surface area contributed by atoms with Gasteiger partial charge in [-0.05, 0) is 19.8 Å². The molecular weight excluding hydrogens is 358 g/mol. The van der Waals surface area contributed by atoms with Crippen molar-refractivity contribution in [1.29, 1.82) is 0 Å². The number of amides is 3. The number of aryl methyl sites for hydroxylation is 1. The predicted molar refractivity (Wildman–Crippen MR) is 102 cm³/mol. The van der Waals surface area contributed by atoms with Gasteiger partial charge in [-0.1, -0.05) is 13.8 Å². The minimum atomic E-state index is -0.581. The Morgan fingerprint density at radius 2 is 2.11 bits per heavy atom. The minimum absolute atomic E-state index is 0.0982. The third kappa shape index (κ3) is 2.96. The number of hydrogen-bond acceptors (Lipinski definition) is 4.